The van der Waals surface area contributed by atoms with Crippen LogP contribution in [0.1, 0.15) is 23.2 Å². The number of halogens is 2. The van der Waals surface area contributed by atoms with E-state index in [0.717, 1.165) is 0 Å². The maximum Gasteiger partial charge on any atom is 0.224 e. The second-order valence-electron chi connectivity index (χ2n) is 4.82. The van der Waals surface area contributed by atoms with Crippen molar-refractivity contribution in [3.63, 3.8) is 0 Å². The van der Waals surface area contributed by atoms with Gasteiger partial charge in [-0.1, -0.05) is 23.2 Å². The van der Waals surface area contributed by atoms with Gasteiger partial charge in [-0.05, 0) is 42.5 Å². The number of benzene rings is 2. The van der Waals surface area contributed by atoms with E-state index in [1.807, 2.05) is 0 Å². The minimum Gasteiger partial charge on any atom is -0.495 e. The molecular formula is C17H15Cl2NO3. The summed E-state index contributed by atoms with van der Waals surface area (Å²) in [5.41, 5.74) is 1.01. The van der Waals surface area contributed by atoms with E-state index in [-0.39, 0.29) is 24.5 Å². The van der Waals surface area contributed by atoms with Gasteiger partial charge in [-0.2, -0.15) is 0 Å². The summed E-state index contributed by atoms with van der Waals surface area (Å²) in [6.07, 6.45) is 0.174. The third-order valence-corrected chi connectivity index (χ3v) is 3.67. The molecule has 0 aliphatic rings. The zero-order valence-corrected chi connectivity index (χ0v) is 13.9. The van der Waals surface area contributed by atoms with Crippen LogP contribution >= 0.6 is 23.2 Å². The van der Waals surface area contributed by atoms with Crippen molar-refractivity contribution in [2.24, 2.45) is 0 Å². The molecule has 0 heterocycles. The molecule has 0 aromatic heterocycles. The number of rotatable bonds is 6. The molecule has 0 saturated heterocycles. The summed E-state index contributed by atoms with van der Waals surface area (Å²) in [7, 11) is 1.50. The van der Waals surface area contributed by atoms with E-state index >= 15 is 0 Å². The molecule has 1 N–H and O–H groups in total. The number of nitrogens with one attached hydrogen (secondary N) is 1. The molecule has 2 aromatic rings. The van der Waals surface area contributed by atoms with Crippen LogP contribution in [0.25, 0.3) is 0 Å². The largest absolute Gasteiger partial charge is 0.495 e. The normalized spacial score (nSPS) is 10.2. The molecule has 0 aliphatic heterocycles. The van der Waals surface area contributed by atoms with E-state index in [1.165, 1.54) is 7.11 Å². The van der Waals surface area contributed by atoms with Gasteiger partial charge >= 0.3 is 0 Å². The van der Waals surface area contributed by atoms with Gasteiger partial charge in [-0.25, -0.2) is 0 Å². The molecule has 0 aliphatic carbocycles. The average Bonchev–Trinajstić information content (AvgIpc) is 2.53. The highest BCUT2D eigenvalue weighted by molar-refractivity contribution is 6.31. The number of anilines is 1. The molecule has 0 unspecified atom stereocenters. The molecule has 0 fully saturated rings. The van der Waals surface area contributed by atoms with Crippen LogP contribution in [-0.4, -0.2) is 18.8 Å². The lowest BCUT2D eigenvalue weighted by molar-refractivity contribution is -0.116. The van der Waals surface area contributed by atoms with Crippen LogP contribution in [0.5, 0.6) is 5.75 Å². The highest BCUT2D eigenvalue weighted by Gasteiger charge is 2.12. The Morgan fingerprint density at radius 2 is 1.65 bits per heavy atom. The second-order valence-corrected chi connectivity index (χ2v) is 5.70. The Bertz CT molecular complexity index is 714. The molecule has 2 aromatic carbocycles. The lowest BCUT2D eigenvalue weighted by atomic mass is 10.1. The van der Waals surface area contributed by atoms with Gasteiger partial charge in [0.1, 0.15) is 5.75 Å². The number of ketones is 1. The monoisotopic (exact) mass is 351 g/mol. The number of amides is 1. The standard InChI is InChI=1S/C17H15Cl2NO3/c1-23-16-8-6-13(19)10-14(16)20-17(22)9-7-15(21)11-2-4-12(18)5-3-11/h2-6,8,10H,7,9H2,1H3,(H,20,22). The Labute approximate surface area is 144 Å². The number of Topliss-reactive ketones (excluding diaryl/α,β-unsaturated/α-hetero) is 1. The number of hydrogen-bond donors (Lipinski definition) is 1. The summed E-state index contributed by atoms with van der Waals surface area (Å²) in [6.45, 7) is 0. The zero-order chi connectivity index (χ0) is 16.8. The maximum absolute atomic E-state index is 12.0. The van der Waals surface area contributed by atoms with Crippen LogP contribution in [0.4, 0.5) is 5.69 Å². The Morgan fingerprint density at radius 3 is 2.30 bits per heavy atom. The molecule has 4 nitrogen and oxygen atoms in total. The van der Waals surface area contributed by atoms with Gasteiger partial charge in [0, 0.05) is 28.5 Å². The lowest BCUT2D eigenvalue weighted by Gasteiger charge is -2.10. The number of ether oxygens (including phenoxy) is 1. The van der Waals surface area contributed by atoms with Crippen molar-refractivity contribution in [2.75, 3.05) is 12.4 Å². The number of hydrogen-bond acceptors (Lipinski definition) is 3. The van der Waals surface area contributed by atoms with E-state index in [9.17, 15) is 9.59 Å². The van der Waals surface area contributed by atoms with Crippen molar-refractivity contribution in [2.45, 2.75) is 12.8 Å². The Morgan fingerprint density at radius 1 is 1.00 bits per heavy atom. The summed E-state index contributed by atoms with van der Waals surface area (Å²) >= 11 is 11.7. The summed E-state index contributed by atoms with van der Waals surface area (Å²) in [5.74, 6) is 0.106. The predicted molar refractivity (Wildman–Crippen MR) is 91.7 cm³/mol. The Balaban J connectivity index is 1.94. The quantitative estimate of drug-likeness (QED) is 0.773. The van der Waals surface area contributed by atoms with E-state index in [2.05, 4.69) is 5.32 Å². The first kappa shape index (κ1) is 17.3. The van der Waals surface area contributed by atoms with Gasteiger partial charge in [-0.15, -0.1) is 0 Å². The van der Waals surface area contributed by atoms with Crippen LogP contribution in [0.2, 0.25) is 10.0 Å². The summed E-state index contributed by atoms with van der Waals surface area (Å²) in [4.78, 5) is 24.0. The molecule has 120 valence electrons. The SMILES string of the molecule is COc1ccc(Cl)cc1NC(=O)CCC(=O)c1ccc(Cl)cc1. The fraction of sp³-hybridized carbons (Fsp3) is 0.176. The minimum absolute atomic E-state index is 0.0666. The van der Waals surface area contributed by atoms with Crippen molar-refractivity contribution in [1.29, 1.82) is 0 Å². The third kappa shape index (κ3) is 4.98. The molecule has 6 heteroatoms. The minimum atomic E-state index is -0.284. The fourth-order valence-corrected chi connectivity index (χ4v) is 2.30. The highest BCUT2D eigenvalue weighted by atomic mass is 35.5. The van der Waals surface area contributed by atoms with Crippen molar-refractivity contribution in [1.82, 2.24) is 0 Å². The van der Waals surface area contributed by atoms with Gasteiger partial charge < -0.3 is 10.1 Å². The van der Waals surface area contributed by atoms with E-state index in [1.54, 1.807) is 42.5 Å². The first-order valence-electron chi connectivity index (χ1n) is 6.92. The van der Waals surface area contributed by atoms with Crippen molar-refractivity contribution in [3.8, 4) is 5.75 Å². The van der Waals surface area contributed by atoms with Crippen LogP contribution in [0.3, 0.4) is 0 Å². The van der Waals surface area contributed by atoms with Gasteiger partial charge in [0.15, 0.2) is 5.78 Å². The highest BCUT2D eigenvalue weighted by Crippen LogP contribution is 2.27. The van der Waals surface area contributed by atoms with Crippen LogP contribution < -0.4 is 10.1 Å². The first-order valence-corrected chi connectivity index (χ1v) is 7.67. The fourth-order valence-electron chi connectivity index (χ4n) is 2.00. The third-order valence-electron chi connectivity index (χ3n) is 3.18. The molecule has 2 rings (SSSR count). The van der Waals surface area contributed by atoms with Gasteiger partial charge in [-0.3, -0.25) is 9.59 Å². The summed E-state index contributed by atoms with van der Waals surface area (Å²) in [6, 6.07) is 11.5. The zero-order valence-electron chi connectivity index (χ0n) is 12.4. The van der Waals surface area contributed by atoms with Crippen LogP contribution in [0, 0.1) is 0 Å². The van der Waals surface area contributed by atoms with Crippen molar-refractivity contribution >= 4 is 40.6 Å². The van der Waals surface area contributed by atoms with Crippen LogP contribution in [-0.2, 0) is 4.79 Å². The molecule has 1 amide bonds. The maximum atomic E-state index is 12.0. The van der Waals surface area contributed by atoms with Crippen LogP contribution in [0.15, 0.2) is 42.5 Å². The average molecular weight is 352 g/mol. The summed E-state index contributed by atoms with van der Waals surface area (Å²) in [5, 5.41) is 3.74. The molecule has 23 heavy (non-hydrogen) atoms. The molecule has 0 spiro atoms. The smallest absolute Gasteiger partial charge is 0.224 e. The van der Waals surface area contributed by atoms with E-state index in [0.29, 0.717) is 27.0 Å². The van der Waals surface area contributed by atoms with E-state index in [4.69, 9.17) is 27.9 Å². The summed E-state index contributed by atoms with van der Waals surface area (Å²) < 4.78 is 5.15. The number of methoxy groups -OCH3 is 1. The number of carbonyl (C=O) groups is 2. The van der Waals surface area contributed by atoms with Crippen molar-refractivity contribution < 1.29 is 14.3 Å². The molecule has 0 bridgehead atoms. The van der Waals surface area contributed by atoms with E-state index < -0.39 is 0 Å². The Hall–Kier alpha value is -2.04. The Kier molecular flexibility index (Phi) is 6.02. The molecule has 0 radical (unpaired) electrons. The molecule has 0 atom stereocenters. The molecule has 0 saturated carbocycles. The lowest BCUT2D eigenvalue weighted by Crippen LogP contribution is -2.14. The number of carbonyl (C=O) groups excluding carboxylic acids is 2. The van der Waals surface area contributed by atoms with Crippen molar-refractivity contribution in [3.05, 3.63) is 58.1 Å². The first-order chi connectivity index (χ1) is 11.0. The van der Waals surface area contributed by atoms with Gasteiger partial charge in [0.25, 0.3) is 0 Å². The predicted octanol–water partition coefficient (Wildman–Crippen LogP) is 4.60. The topological polar surface area (TPSA) is 55.4 Å². The molecular weight excluding hydrogens is 337 g/mol. The second kappa shape index (κ2) is 7.99. The van der Waals surface area contributed by atoms with Gasteiger partial charge in [0.2, 0.25) is 5.91 Å². The van der Waals surface area contributed by atoms with Gasteiger partial charge in [0.05, 0.1) is 12.8 Å².